The Morgan fingerprint density at radius 3 is 2.29 bits per heavy atom. The highest BCUT2D eigenvalue weighted by Crippen LogP contribution is 2.32. The van der Waals surface area contributed by atoms with Gasteiger partial charge in [0.05, 0.1) is 6.54 Å². The van der Waals surface area contributed by atoms with Crippen molar-refractivity contribution in [3.63, 3.8) is 0 Å². The Bertz CT molecular complexity index is 723. The third kappa shape index (κ3) is 4.68. The first kappa shape index (κ1) is 18.2. The molecular weight excluding hydrogens is 345 g/mol. The van der Waals surface area contributed by atoms with Gasteiger partial charge >= 0.3 is 18.0 Å². The number of hydrogen-bond acceptors (Lipinski definition) is 4. The van der Waals surface area contributed by atoms with Crippen molar-refractivity contribution < 1.29 is 27.9 Å². The van der Waals surface area contributed by atoms with Crippen molar-refractivity contribution in [2.45, 2.75) is 18.7 Å². The zero-order valence-electron chi connectivity index (χ0n) is 12.6. The molecule has 1 unspecified atom stereocenters. The van der Waals surface area contributed by atoms with Crippen molar-refractivity contribution >= 4 is 33.2 Å². The second kappa shape index (κ2) is 6.78. The van der Waals surface area contributed by atoms with Crippen molar-refractivity contribution in [2.75, 3.05) is 13.1 Å². The third-order valence-corrected chi connectivity index (χ3v) is 4.57. The molecule has 0 aliphatic rings. The van der Waals surface area contributed by atoms with Gasteiger partial charge in [-0.05, 0) is 24.4 Å². The minimum absolute atomic E-state index is 0.307. The second-order valence-corrected chi connectivity index (χ2v) is 6.49. The van der Waals surface area contributed by atoms with Crippen LogP contribution in [-0.4, -0.2) is 36.2 Å². The zero-order chi connectivity index (χ0) is 18.0. The number of benzene rings is 1. The fraction of sp³-hybridized carbons (Fsp3) is 0.333. The smallest absolute Gasteiger partial charge is 0.383 e. The molecule has 1 aromatic heterocycles. The van der Waals surface area contributed by atoms with Gasteiger partial charge in [0, 0.05) is 9.58 Å². The summed E-state index contributed by atoms with van der Waals surface area (Å²) < 4.78 is 36.9. The van der Waals surface area contributed by atoms with Crippen molar-refractivity contribution in [2.24, 2.45) is 0 Å². The van der Waals surface area contributed by atoms with Crippen LogP contribution in [0.5, 0.6) is 0 Å². The average Bonchev–Trinajstić information content (AvgIpc) is 2.94. The molecule has 0 aliphatic carbocycles. The number of thiophene rings is 1. The topological polar surface area (TPSA) is 78.4 Å². The van der Waals surface area contributed by atoms with Gasteiger partial charge in [0.1, 0.15) is 12.1 Å². The summed E-state index contributed by atoms with van der Waals surface area (Å²) in [6, 6.07) is 9.21. The first-order valence-corrected chi connectivity index (χ1v) is 7.74. The molecule has 1 aromatic carbocycles. The summed E-state index contributed by atoms with van der Waals surface area (Å²) in [6.45, 7) is -0.449. The zero-order valence-corrected chi connectivity index (χ0v) is 13.4. The van der Waals surface area contributed by atoms with Gasteiger partial charge in [-0.2, -0.15) is 13.2 Å². The lowest BCUT2D eigenvalue weighted by molar-refractivity contribution is -0.146. The molecule has 2 amide bonds. The lowest BCUT2D eigenvalue weighted by Crippen LogP contribution is -2.47. The quantitative estimate of drug-likeness (QED) is 0.729. The van der Waals surface area contributed by atoms with E-state index in [1.54, 1.807) is 6.07 Å². The molecule has 9 heteroatoms. The number of halogens is 3. The van der Waals surface area contributed by atoms with E-state index in [1.165, 1.54) is 23.6 Å². The van der Waals surface area contributed by atoms with Crippen LogP contribution in [0.25, 0.3) is 10.1 Å². The van der Waals surface area contributed by atoms with Crippen molar-refractivity contribution in [3.05, 3.63) is 35.2 Å². The fourth-order valence-electron chi connectivity index (χ4n) is 1.93. The van der Waals surface area contributed by atoms with Crippen LogP contribution < -0.4 is 10.6 Å². The molecule has 0 aliphatic heterocycles. The van der Waals surface area contributed by atoms with Crippen LogP contribution in [0.15, 0.2) is 30.3 Å². The number of nitrogens with one attached hydrogen (secondary N) is 2. The Morgan fingerprint density at radius 1 is 1.12 bits per heavy atom. The Morgan fingerprint density at radius 2 is 1.71 bits per heavy atom. The maximum absolute atomic E-state index is 12.0. The molecule has 0 radical (unpaired) electrons. The Balaban J connectivity index is 1.96. The number of aliphatic hydroxyl groups is 1. The number of fused-ring (bicyclic) bond motifs is 1. The molecule has 2 aromatic rings. The van der Waals surface area contributed by atoms with E-state index in [0.717, 1.165) is 10.1 Å². The van der Waals surface area contributed by atoms with Crippen LogP contribution in [0.3, 0.4) is 0 Å². The highest BCUT2D eigenvalue weighted by Gasteiger charge is 2.30. The predicted molar refractivity (Wildman–Crippen MR) is 83.5 cm³/mol. The van der Waals surface area contributed by atoms with Gasteiger partial charge < -0.3 is 15.7 Å². The number of hydrogen-bond donors (Lipinski definition) is 3. The molecule has 1 atom stereocenters. The molecule has 1 heterocycles. The average molecular weight is 360 g/mol. The summed E-state index contributed by atoms with van der Waals surface area (Å²) in [6.07, 6.45) is -4.60. The number of carbonyl (C=O) groups excluding carboxylic acids is 2. The van der Waals surface area contributed by atoms with Crippen LogP contribution in [0, 0.1) is 0 Å². The van der Waals surface area contributed by atoms with Gasteiger partial charge in [-0.1, -0.05) is 18.2 Å². The molecule has 0 saturated carbocycles. The number of alkyl halides is 3. The molecule has 130 valence electrons. The predicted octanol–water partition coefficient (Wildman–Crippen LogP) is 1.90. The lowest BCUT2D eigenvalue weighted by Gasteiger charge is -2.22. The van der Waals surface area contributed by atoms with Gasteiger partial charge in [0.15, 0.2) is 0 Å². The van der Waals surface area contributed by atoms with Crippen molar-refractivity contribution in [3.8, 4) is 0 Å². The molecule has 0 bridgehead atoms. The van der Waals surface area contributed by atoms with Crippen LogP contribution in [0.1, 0.15) is 11.8 Å². The van der Waals surface area contributed by atoms with Gasteiger partial charge in [-0.25, -0.2) is 0 Å². The standard InChI is InChI=1S/C15H15F3N2O3S/c1-14(23,11-6-9-4-2-3-5-10(9)24-11)7-19-12(21)13(22)20-8-15(16,17)18/h2-6,23H,7-8H2,1H3,(H,19,21)(H,20,22). The van der Waals surface area contributed by atoms with E-state index in [2.05, 4.69) is 5.32 Å². The van der Waals surface area contributed by atoms with E-state index < -0.39 is 30.1 Å². The minimum atomic E-state index is -4.60. The van der Waals surface area contributed by atoms with Crippen molar-refractivity contribution in [1.29, 1.82) is 0 Å². The maximum Gasteiger partial charge on any atom is 0.405 e. The second-order valence-electron chi connectivity index (χ2n) is 5.40. The normalized spacial score (nSPS) is 14.2. The highest BCUT2D eigenvalue weighted by atomic mass is 32.1. The van der Waals surface area contributed by atoms with Crippen LogP contribution in [0.4, 0.5) is 13.2 Å². The monoisotopic (exact) mass is 360 g/mol. The summed E-state index contributed by atoms with van der Waals surface area (Å²) in [5.74, 6) is -2.64. The van der Waals surface area contributed by atoms with Gasteiger partial charge in [0.2, 0.25) is 0 Å². The molecule has 0 saturated heterocycles. The van der Waals surface area contributed by atoms with E-state index in [0.29, 0.717) is 4.88 Å². The molecule has 3 N–H and O–H groups in total. The molecule has 5 nitrogen and oxygen atoms in total. The molecule has 2 rings (SSSR count). The first-order chi connectivity index (χ1) is 11.1. The van der Waals surface area contributed by atoms with E-state index >= 15 is 0 Å². The molecule has 0 fully saturated rings. The summed E-state index contributed by atoms with van der Waals surface area (Å²) in [4.78, 5) is 23.4. The lowest BCUT2D eigenvalue weighted by atomic mass is 10.0. The van der Waals surface area contributed by atoms with E-state index in [9.17, 15) is 27.9 Å². The maximum atomic E-state index is 12.0. The summed E-state index contributed by atoms with van der Waals surface area (Å²) in [5.41, 5.74) is -1.45. The van der Waals surface area contributed by atoms with E-state index in [-0.39, 0.29) is 6.54 Å². The summed E-state index contributed by atoms with van der Waals surface area (Å²) in [5, 5.41) is 15.0. The summed E-state index contributed by atoms with van der Waals surface area (Å²) in [7, 11) is 0. The van der Waals surface area contributed by atoms with Crippen LogP contribution in [0.2, 0.25) is 0 Å². The van der Waals surface area contributed by atoms with Gasteiger partial charge in [-0.3, -0.25) is 9.59 Å². The summed E-state index contributed by atoms with van der Waals surface area (Å²) >= 11 is 1.33. The minimum Gasteiger partial charge on any atom is -0.383 e. The van der Waals surface area contributed by atoms with Gasteiger partial charge in [-0.15, -0.1) is 11.3 Å². The Hall–Kier alpha value is -2.13. The van der Waals surface area contributed by atoms with E-state index in [1.807, 2.05) is 24.3 Å². The van der Waals surface area contributed by atoms with Gasteiger partial charge in [0.25, 0.3) is 0 Å². The first-order valence-electron chi connectivity index (χ1n) is 6.93. The molecular formula is C15H15F3N2O3S. The Kier molecular flexibility index (Phi) is 5.14. The Labute approximate surface area is 139 Å². The fourth-order valence-corrected chi connectivity index (χ4v) is 3.03. The molecule has 0 spiro atoms. The number of rotatable bonds is 4. The van der Waals surface area contributed by atoms with Crippen LogP contribution in [-0.2, 0) is 15.2 Å². The third-order valence-electron chi connectivity index (χ3n) is 3.21. The van der Waals surface area contributed by atoms with E-state index in [4.69, 9.17) is 0 Å². The number of amides is 2. The highest BCUT2D eigenvalue weighted by molar-refractivity contribution is 7.19. The van der Waals surface area contributed by atoms with Crippen LogP contribution >= 0.6 is 11.3 Å². The number of carbonyl (C=O) groups is 2. The SMILES string of the molecule is CC(O)(CNC(=O)C(=O)NCC(F)(F)F)c1cc2ccccc2s1. The molecule has 24 heavy (non-hydrogen) atoms. The largest absolute Gasteiger partial charge is 0.405 e. The van der Waals surface area contributed by atoms with Crippen molar-refractivity contribution in [1.82, 2.24) is 10.6 Å².